The number of hydrogen-bond donors (Lipinski definition) is 0. The van der Waals surface area contributed by atoms with Crippen molar-refractivity contribution in [2.75, 3.05) is 6.61 Å². The highest BCUT2D eigenvalue weighted by atomic mass is 79.9. The van der Waals surface area contributed by atoms with E-state index in [4.69, 9.17) is 13.9 Å². The second-order valence-corrected chi connectivity index (χ2v) is 7.20. The lowest BCUT2D eigenvalue weighted by Gasteiger charge is -2.07. The lowest BCUT2D eigenvalue weighted by atomic mass is 10.1. The number of aryl methyl sites for hydroxylation is 1. The van der Waals surface area contributed by atoms with Crippen molar-refractivity contribution in [1.29, 1.82) is 0 Å². The Morgan fingerprint density at radius 2 is 1.77 bits per heavy atom. The molecule has 3 aromatic rings. The van der Waals surface area contributed by atoms with Gasteiger partial charge in [-0.05, 0) is 66.2 Å². The van der Waals surface area contributed by atoms with Crippen molar-refractivity contribution < 1.29 is 23.5 Å². The van der Waals surface area contributed by atoms with E-state index in [0.717, 1.165) is 4.47 Å². The Morgan fingerprint density at radius 3 is 2.42 bits per heavy atom. The summed E-state index contributed by atoms with van der Waals surface area (Å²) >= 11 is 6.69. The highest BCUT2D eigenvalue weighted by Gasteiger charge is 2.22. The molecule has 0 saturated heterocycles. The van der Waals surface area contributed by atoms with Crippen LogP contribution in [0.3, 0.4) is 0 Å². The van der Waals surface area contributed by atoms with E-state index < -0.39 is 11.9 Å². The van der Waals surface area contributed by atoms with E-state index in [0.29, 0.717) is 32.3 Å². The van der Waals surface area contributed by atoms with Crippen LogP contribution in [0.1, 0.15) is 33.4 Å². The molecule has 134 valence electrons. The number of furan rings is 1. The lowest BCUT2D eigenvalue weighted by molar-refractivity contribution is 0.0526. The smallest absolute Gasteiger partial charge is 0.343 e. The number of hydrogen-bond acceptors (Lipinski definition) is 5. The van der Waals surface area contributed by atoms with Crippen molar-refractivity contribution >= 4 is 54.8 Å². The molecule has 0 atom stereocenters. The third-order valence-corrected chi connectivity index (χ3v) is 4.83. The van der Waals surface area contributed by atoms with Gasteiger partial charge < -0.3 is 13.9 Å². The van der Waals surface area contributed by atoms with Crippen LogP contribution in [-0.4, -0.2) is 18.5 Å². The number of carbonyl (C=O) groups excluding carboxylic acids is 2. The number of fused-ring (bicyclic) bond motifs is 1. The molecule has 1 aromatic heterocycles. The number of rotatable bonds is 4. The minimum Gasteiger partial charge on any atom is -0.462 e. The quantitative estimate of drug-likeness (QED) is 0.355. The molecule has 2 aromatic carbocycles. The first-order valence-electron chi connectivity index (χ1n) is 7.78. The predicted octanol–water partition coefficient (Wildman–Crippen LogP) is 5.66. The zero-order chi connectivity index (χ0) is 18.8. The van der Waals surface area contributed by atoms with E-state index in [1.54, 1.807) is 50.2 Å². The van der Waals surface area contributed by atoms with Crippen molar-refractivity contribution in [2.45, 2.75) is 13.8 Å². The summed E-state index contributed by atoms with van der Waals surface area (Å²) in [5, 5.41) is 0.530. The van der Waals surface area contributed by atoms with Gasteiger partial charge in [0.15, 0.2) is 0 Å². The van der Waals surface area contributed by atoms with Gasteiger partial charge in [-0.15, -0.1) is 0 Å². The molecule has 0 amide bonds. The number of benzene rings is 2. The first-order valence-corrected chi connectivity index (χ1v) is 9.36. The van der Waals surface area contributed by atoms with Crippen molar-refractivity contribution in [3.05, 3.63) is 62.2 Å². The highest BCUT2D eigenvalue weighted by Crippen LogP contribution is 2.35. The number of carbonyl (C=O) groups is 2. The van der Waals surface area contributed by atoms with Crippen molar-refractivity contribution in [3.8, 4) is 5.75 Å². The van der Waals surface area contributed by atoms with Crippen LogP contribution in [0.15, 0.2) is 49.8 Å². The van der Waals surface area contributed by atoms with Crippen LogP contribution in [0.4, 0.5) is 0 Å². The molecule has 0 aliphatic rings. The van der Waals surface area contributed by atoms with Gasteiger partial charge in [-0.25, -0.2) is 9.59 Å². The fourth-order valence-electron chi connectivity index (χ4n) is 2.50. The fraction of sp³-hybridized carbons (Fsp3) is 0.158. The molecule has 7 heteroatoms. The minimum absolute atomic E-state index is 0.257. The molecule has 3 rings (SSSR count). The van der Waals surface area contributed by atoms with E-state index in [2.05, 4.69) is 31.9 Å². The summed E-state index contributed by atoms with van der Waals surface area (Å²) in [4.78, 5) is 24.6. The van der Waals surface area contributed by atoms with Gasteiger partial charge in [0, 0.05) is 9.86 Å². The first kappa shape index (κ1) is 18.7. The molecule has 26 heavy (non-hydrogen) atoms. The summed E-state index contributed by atoms with van der Waals surface area (Å²) in [5.41, 5.74) is 1.24. The maximum Gasteiger partial charge on any atom is 0.343 e. The monoisotopic (exact) mass is 480 g/mol. The van der Waals surface area contributed by atoms with Crippen LogP contribution in [0.5, 0.6) is 5.75 Å². The van der Waals surface area contributed by atoms with Crippen LogP contribution in [0, 0.1) is 6.92 Å². The molecule has 5 nitrogen and oxygen atoms in total. The van der Waals surface area contributed by atoms with Crippen LogP contribution in [-0.2, 0) is 4.74 Å². The molecule has 0 aliphatic carbocycles. The lowest BCUT2D eigenvalue weighted by Crippen LogP contribution is -2.09. The molecule has 0 fully saturated rings. The Labute approximate surface area is 166 Å². The van der Waals surface area contributed by atoms with Crippen LogP contribution in [0.2, 0.25) is 0 Å². The first-order chi connectivity index (χ1) is 12.4. The normalized spacial score (nSPS) is 10.8. The van der Waals surface area contributed by atoms with Gasteiger partial charge in [-0.2, -0.15) is 0 Å². The largest absolute Gasteiger partial charge is 0.462 e. The molecule has 0 spiro atoms. The van der Waals surface area contributed by atoms with E-state index in [-0.39, 0.29) is 12.4 Å². The molecule has 1 heterocycles. The SMILES string of the molecule is CCOC(=O)c1c(C)oc2cc(Br)c(OC(=O)c3ccc(Br)cc3)cc12. The molecule has 0 aliphatic heterocycles. The number of halogens is 2. The molecule has 0 saturated carbocycles. The summed E-state index contributed by atoms with van der Waals surface area (Å²) in [7, 11) is 0. The molecule has 0 N–H and O–H groups in total. The Kier molecular flexibility index (Phi) is 5.48. The van der Waals surface area contributed by atoms with Gasteiger partial charge in [0.05, 0.1) is 16.6 Å². The average Bonchev–Trinajstić information content (AvgIpc) is 2.90. The van der Waals surface area contributed by atoms with E-state index >= 15 is 0 Å². The zero-order valence-electron chi connectivity index (χ0n) is 14.0. The Balaban J connectivity index is 1.99. The van der Waals surface area contributed by atoms with Gasteiger partial charge in [-0.1, -0.05) is 15.9 Å². The third kappa shape index (κ3) is 3.68. The molecule has 0 bridgehead atoms. The summed E-state index contributed by atoms with van der Waals surface area (Å²) < 4.78 is 17.6. The minimum atomic E-state index is -0.504. The van der Waals surface area contributed by atoms with E-state index in [9.17, 15) is 9.59 Å². The summed E-state index contributed by atoms with van der Waals surface area (Å²) in [6.07, 6.45) is 0. The maximum absolute atomic E-state index is 12.4. The number of esters is 2. The van der Waals surface area contributed by atoms with Gasteiger partial charge in [0.1, 0.15) is 22.7 Å². The Morgan fingerprint density at radius 1 is 1.08 bits per heavy atom. The fourth-order valence-corrected chi connectivity index (χ4v) is 3.17. The van der Waals surface area contributed by atoms with Crippen molar-refractivity contribution in [2.24, 2.45) is 0 Å². The topological polar surface area (TPSA) is 65.7 Å². The molecule has 0 unspecified atom stereocenters. The molecule has 0 radical (unpaired) electrons. The van der Waals surface area contributed by atoms with Crippen LogP contribution >= 0.6 is 31.9 Å². The van der Waals surface area contributed by atoms with Gasteiger partial charge in [0.25, 0.3) is 0 Å². The summed E-state index contributed by atoms with van der Waals surface area (Å²) in [6.45, 7) is 3.68. The molecular weight excluding hydrogens is 468 g/mol. The maximum atomic E-state index is 12.4. The third-order valence-electron chi connectivity index (χ3n) is 3.68. The highest BCUT2D eigenvalue weighted by molar-refractivity contribution is 9.10. The second kappa shape index (κ2) is 7.63. The number of ether oxygens (including phenoxy) is 2. The average molecular weight is 482 g/mol. The molecular formula is C19H14Br2O5. The van der Waals surface area contributed by atoms with Gasteiger partial charge in [0.2, 0.25) is 0 Å². The summed E-state index contributed by atoms with van der Waals surface area (Å²) in [6, 6.07) is 10.1. The summed E-state index contributed by atoms with van der Waals surface area (Å²) in [5.74, 6) is -0.245. The second-order valence-electron chi connectivity index (χ2n) is 5.43. The van der Waals surface area contributed by atoms with E-state index in [1.165, 1.54) is 0 Å². The Bertz CT molecular complexity index is 989. The Hall–Kier alpha value is -2.12. The predicted molar refractivity (Wildman–Crippen MR) is 104 cm³/mol. The van der Waals surface area contributed by atoms with Crippen LogP contribution < -0.4 is 4.74 Å². The van der Waals surface area contributed by atoms with Gasteiger partial charge >= 0.3 is 11.9 Å². The zero-order valence-corrected chi connectivity index (χ0v) is 17.1. The van der Waals surface area contributed by atoms with Crippen molar-refractivity contribution in [1.82, 2.24) is 0 Å². The van der Waals surface area contributed by atoms with Gasteiger partial charge in [-0.3, -0.25) is 0 Å². The standard InChI is InChI=1S/C19H14Br2O5/c1-3-24-19(23)17-10(2)25-15-9-14(21)16(8-13(15)17)26-18(22)11-4-6-12(20)7-5-11/h4-9H,3H2,1-2H3. The van der Waals surface area contributed by atoms with Crippen molar-refractivity contribution in [3.63, 3.8) is 0 Å². The van der Waals surface area contributed by atoms with Crippen LogP contribution in [0.25, 0.3) is 11.0 Å². The van der Waals surface area contributed by atoms with E-state index in [1.807, 2.05) is 0 Å².